The Morgan fingerprint density at radius 3 is 3.14 bits per heavy atom. The van der Waals surface area contributed by atoms with Crippen molar-refractivity contribution in [3.8, 4) is 0 Å². The lowest BCUT2D eigenvalue weighted by Gasteiger charge is -2.13. The summed E-state index contributed by atoms with van der Waals surface area (Å²) in [5.41, 5.74) is 0. The first-order valence-electron chi connectivity index (χ1n) is 4.87. The van der Waals surface area contributed by atoms with Crippen molar-refractivity contribution in [1.29, 1.82) is 0 Å². The molecule has 1 fully saturated rings. The van der Waals surface area contributed by atoms with Crippen molar-refractivity contribution in [3.63, 3.8) is 0 Å². The van der Waals surface area contributed by atoms with Gasteiger partial charge in [-0.15, -0.1) is 10.2 Å². The minimum Gasteiger partial charge on any atom is -0.388 e. The lowest BCUT2D eigenvalue weighted by molar-refractivity contribution is 0.105. The standard InChI is InChI=1S/C9H15N3O2/c1-14-8-3-2-7(4-8)12-6-10-11-9(12)5-13/h6-8,13H,2-5H2,1H3. The molecule has 1 saturated carbocycles. The van der Waals surface area contributed by atoms with E-state index in [1.165, 1.54) is 0 Å². The number of aromatic nitrogens is 3. The van der Waals surface area contributed by atoms with E-state index in [0.29, 0.717) is 18.0 Å². The zero-order valence-electron chi connectivity index (χ0n) is 8.26. The molecule has 0 saturated heterocycles. The molecule has 2 atom stereocenters. The van der Waals surface area contributed by atoms with Crippen molar-refractivity contribution in [2.75, 3.05) is 7.11 Å². The predicted octanol–water partition coefficient (Wildman–Crippen LogP) is 0.510. The minimum absolute atomic E-state index is 0.0475. The van der Waals surface area contributed by atoms with Gasteiger partial charge in [0.1, 0.15) is 12.9 Å². The van der Waals surface area contributed by atoms with Gasteiger partial charge in [0.25, 0.3) is 0 Å². The fourth-order valence-electron chi connectivity index (χ4n) is 2.07. The second-order valence-electron chi connectivity index (χ2n) is 3.64. The molecule has 0 amide bonds. The number of hydrogen-bond donors (Lipinski definition) is 1. The third-order valence-electron chi connectivity index (χ3n) is 2.87. The summed E-state index contributed by atoms with van der Waals surface area (Å²) in [6, 6.07) is 0.386. The van der Waals surface area contributed by atoms with Gasteiger partial charge in [0.05, 0.1) is 6.10 Å². The van der Waals surface area contributed by atoms with Crippen molar-refractivity contribution >= 4 is 0 Å². The molecule has 1 aliphatic rings. The van der Waals surface area contributed by atoms with Gasteiger partial charge in [-0.1, -0.05) is 0 Å². The van der Waals surface area contributed by atoms with Crippen molar-refractivity contribution in [2.24, 2.45) is 0 Å². The third kappa shape index (κ3) is 1.65. The SMILES string of the molecule is COC1CCC(n2cnnc2CO)C1. The molecule has 78 valence electrons. The highest BCUT2D eigenvalue weighted by Gasteiger charge is 2.26. The van der Waals surface area contributed by atoms with E-state index in [4.69, 9.17) is 9.84 Å². The van der Waals surface area contributed by atoms with Crippen LogP contribution in [0.3, 0.4) is 0 Å². The first-order valence-corrected chi connectivity index (χ1v) is 4.87. The van der Waals surface area contributed by atoms with Crippen LogP contribution in [0.5, 0.6) is 0 Å². The molecule has 0 radical (unpaired) electrons. The summed E-state index contributed by atoms with van der Waals surface area (Å²) in [6.45, 7) is -0.0475. The van der Waals surface area contributed by atoms with E-state index in [-0.39, 0.29) is 6.61 Å². The molecule has 14 heavy (non-hydrogen) atoms. The van der Waals surface area contributed by atoms with Gasteiger partial charge in [0.2, 0.25) is 0 Å². The summed E-state index contributed by atoms with van der Waals surface area (Å²) in [5, 5.41) is 16.7. The van der Waals surface area contributed by atoms with Crippen molar-refractivity contribution in [2.45, 2.75) is 38.0 Å². The van der Waals surface area contributed by atoms with Gasteiger partial charge >= 0.3 is 0 Å². The highest BCUT2D eigenvalue weighted by Crippen LogP contribution is 2.31. The first-order chi connectivity index (χ1) is 6.85. The second kappa shape index (κ2) is 4.06. The summed E-state index contributed by atoms with van der Waals surface area (Å²) < 4.78 is 7.25. The maximum atomic E-state index is 9.04. The van der Waals surface area contributed by atoms with E-state index in [0.717, 1.165) is 19.3 Å². The van der Waals surface area contributed by atoms with E-state index < -0.39 is 0 Å². The average molecular weight is 197 g/mol. The van der Waals surface area contributed by atoms with E-state index in [1.54, 1.807) is 13.4 Å². The largest absolute Gasteiger partial charge is 0.388 e. The Bertz CT molecular complexity index is 300. The summed E-state index contributed by atoms with van der Waals surface area (Å²) >= 11 is 0. The van der Waals surface area contributed by atoms with E-state index in [2.05, 4.69) is 10.2 Å². The monoisotopic (exact) mass is 197 g/mol. The Labute approximate surface area is 82.7 Å². The highest BCUT2D eigenvalue weighted by atomic mass is 16.5. The van der Waals surface area contributed by atoms with Crippen molar-refractivity contribution in [3.05, 3.63) is 12.2 Å². The van der Waals surface area contributed by atoms with E-state index >= 15 is 0 Å². The molecule has 1 N–H and O–H groups in total. The smallest absolute Gasteiger partial charge is 0.158 e. The van der Waals surface area contributed by atoms with Crippen molar-refractivity contribution < 1.29 is 9.84 Å². The second-order valence-corrected chi connectivity index (χ2v) is 3.64. The molecule has 0 bridgehead atoms. The van der Waals surface area contributed by atoms with Crippen LogP contribution in [0.4, 0.5) is 0 Å². The zero-order chi connectivity index (χ0) is 9.97. The lowest BCUT2D eigenvalue weighted by Crippen LogP contribution is -2.11. The molecule has 1 aromatic heterocycles. The number of aliphatic hydroxyl groups is 1. The summed E-state index contributed by atoms with van der Waals surface area (Å²) in [7, 11) is 1.74. The normalized spacial score (nSPS) is 27.0. The van der Waals surface area contributed by atoms with Crippen LogP contribution in [-0.4, -0.2) is 33.1 Å². The fourth-order valence-corrected chi connectivity index (χ4v) is 2.07. The molecule has 2 unspecified atom stereocenters. The van der Waals surface area contributed by atoms with E-state index in [1.807, 2.05) is 4.57 Å². The first kappa shape index (κ1) is 9.61. The minimum atomic E-state index is -0.0475. The molecule has 0 aromatic carbocycles. The van der Waals surface area contributed by atoms with Gasteiger partial charge in [-0.05, 0) is 19.3 Å². The molecule has 5 nitrogen and oxygen atoms in total. The number of hydrogen-bond acceptors (Lipinski definition) is 4. The van der Waals surface area contributed by atoms with Gasteiger partial charge in [-0.3, -0.25) is 0 Å². The third-order valence-corrected chi connectivity index (χ3v) is 2.87. The Balaban J connectivity index is 2.09. The quantitative estimate of drug-likeness (QED) is 0.767. The molecule has 1 aliphatic carbocycles. The molecule has 0 spiro atoms. The van der Waals surface area contributed by atoms with Gasteiger partial charge in [-0.25, -0.2) is 0 Å². The van der Waals surface area contributed by atoms with Gasteiger partial charge < -0.3 is 14.4 Å². The Kier molecular flexibility index (Phi) is 2.79. The number of rotatable bonds is 3. The van der Waals surface area contributed by atoms with Crippen LogP contribution in [-0.2, 0) is 11.3 Å². The fraction of sp³-hybridized carbons (Fsp3) is 0.778. The lowest BCUT2D eigenvalue weighted by atomic mass is 10.2. The molecular formula is C9H15N3O2. The zero-order valence-corrected chi connectivity index (χ0v) is 8.26. The maximum Gasteiger partial charge on any atom is 0.158 e. The summed E-state index contributed by atoms with van der Waals surface area (Å²) in [4.78, 5) is 0. The average Bonchev–Trinajstić information content (AvgIpc) is 2.85. The summed E-state index contributed by atoms with van der Waals surface area (Å²) in [6.07, 6.45) is 5.16. The van der Waals surface area contributed by atoms with Crippen LogP contribution in [0.25, 0.3) is 0 Å². The molecule has 1 aromatic rings. The van der Waals surface area contributed by atoms with Crippen LogP contribution < -0.4 is 0 Å². The Morgan fingerprint density at radius 1 is 1.64 bits per heavy atom. The van der Waals surface area contributed by atoms with Crippen LogP contribution >= 0.6 is 0 Å². The number of aliphatic hydroxyl groups excluding tert-OH is 1. The number of methoxy groups -OCH3 is 1. The maximum absolute atomic E-state index is 9.04. The van der Waals surface area contributed by atoms with E-state index in [9.17, 15) is 0 Å². The molecule has 2 rings (SSSR count). The number of ether oxygens (including phenoxy) is 1. The van der Waals surface area contributed by atoms with Gasteiger partial charge in [0, 0.05) is 13.2 Å². The van der Waals surface area contributed by atoms with Crippen LogP contribution in [0.15, 0.2) is 6.33 Å². The number of nitrogens with zero attached hydrogens (tertiary/aromatic N) is 3. The Morgan fingerprint density at radius 2 is 2.50 bits per heavy atom. The predicted molar refractivity (Wildman–Crippen MR) is 49.6 cm³/mol. The van der Waals surface area contributed by atoms with Crippen molar-refractivity contribution in [1.82, 2.24) is 14.8 Å². The molecule has 0 aliphatic heterocycles. The topological polar surface area (TPSA) is 60.2 Å². The molecule has 5 heteroatoms. The van der Waals surface area contributed by atoms with Crippen LogP contribution in [0.2, 0.25) is 0 Å². The van der Waals surface area contributed by atoms with Crippen LogP contribution in [0.1, 0.15) is 31.1 Å². The molecular weight excluding hydrogens is 182 g/mol. The van der Waals surface area contributed by atoms with Gasteiger partial charge in [-0.2, -0.15) is 0 Å². The van der Waals surface area contributed by atoms with Crippen LogP contribution in [0, 0.1) is 0 Å². The molecule has 1 heterocycles. The van der Waals surface area contributed by atoms with Gasteiger partial charge in [0.15, 0.2) is 5.82 Å². The summed E-state index contributed by atoms with van der Waals surface area (Å²) in [5.74, 6) is 0.645. The highest BCUT2D eigenvalue weighted by molar-refractivity contribution is 4.91. The Hall–Kier alpha value is -0.940.